The first-order chi connectivity index (χ1) is 9.06. The largest absolute Gasteiger partial charge is 0.481 e. The van der Waals surface area contributed by atoms with E-state index < -0.39 is 23.7 Å². The molecule has 6 nitrogen and oxygen atoms in total. The fourth-order valence-corrected chi connectivity index (χ4v) is 2.02. The molecule has 6 heteroatoms. The van der Waals surface area contributed by atoms with E-state index in [9.17, 15) is 14.4 Å². The molecule has 0 aromatic heterocycles. The number of amides is 2. The number of rotatable bonds is 5. The quantitative estimate of drug-likeness (QED) is 0.610. The number of nitrogens with one attached hydrogen (secondary N) is 1. The molecule has 2 rings (SSSR count). The number of nitrogens with zero attached hydrogens (tertiary/aromatic N) is 1. The van der Waals surface area contributed by atoms with E-state index in [0.29, 0.717) is 11.1 Å². The van der Waals surface area contributed by atoms with E-state index in [-0.39, 0.29) is 13.0 Å². The van der Waals surface area contributed by atoms with Crippen LogP contribution in [0.15, 0.2) is 24.3 Å². The average molecular weight is 260 g/mol. The molecule has 0 saturated heterocycles. The zero-order chi connectivity index (χ0) is 14.0. The minimum absolute atomic E-state index is 0.0112. The summed E-state index contributed by atoms with van der Waals surface area (Å²) in [5.74, 6) is -3.02. The minimum Gasteiger partial charge on any atom is -0.481 e. The zero-order valence-corrected chi connectivity index (χ0v) is 10.00. The summed E-state index contributed by atoms with van der Waals surface area (Å²) >= 11 is 0. The van der Waals surface area contributed by atoms with Crippen LogP contribution in [0.25, 0.3) is 0 Å². The van der Waals surface area contributed by atoms with Crippen LogP contribution in [0.5, 0.6) is 0 Å². The van der Waals surface area contributed by atoms with Gasteiger partial charge in [0.2, 0.25) is 0 Å². The van der Waals surface area contributed by atoms with Crippen molar-refractivity contribution in [1.29, 1.82) is 5.41 Å². The molecular weight excluding hydrogens is 248 g/mol. The van der Waals surface area contributed by atoms with Crippen LogP contribution in [0.3, 0.4) is 0 Å². The topological polar surface area (TPSA) is 98.5 Å². The van der Waals surface area contributed by atoms with Crippen molar-refractivity contribution in [1.82, 2.24) is 4.90 Å². The highest BCUT2D eigenvalue weighted by atomic mass is 16.4. The predicted octanol–water partition coefficient (Wildman–Crippen LogP) is 1.02. The summed E-state index contributed by atoms with van der Waals surface area (Å²) in [5, 5.41) is 16.0. The van der Waals surface area contributed by atoms with Gasteiger partial charge in [0.25, 0.3) is 11.8 Å². The van der Waals surface area contributed by atoms with Crippen molar-refractivity contribution in [3.05, 3.63) is 35.4 Å². The van der Waals surface area contributed by atoms with E-state index in [1.807, 2.05) is 0 Å². The van der Waals surface area contributed by atoms with Crippen LogP contribution in [-0.2, 0) is 4.79 Å². The molecule has 0 bridgehead atoms. The SMILES string of the molecule is N=CCC(CN1C(=O)c2ccccc2C1=O)C(=O)O. The Hall–Kier alpha value is -2.50. The molecular formula is C13H12N2O4. The van der Waals surface area contributed by atoms with Crippen molar-refractivity contribution in [2.45, 2.75) is 6.42 Å². The Balaban J connectivity index is 2.24. The number of carbonyl (C=O) groups is 3. The monoisotopic (exact) mass is 260 g/mol. The highest BCUT2D eigenvalue weighted by molar-refractivity contribution is 6.21. The lowest BCUT2D eigenvalue weighted by Crippen LogP contribution is -2.37. The van der Waals surface area contributed by atoms with E-state index in [2.05, 4.69) is 0 Å². The molecule has 0 fully saturated rings. The summed E-state index contributed by atoms with van der Waals surface area (Å²) in [6.45, 7) is -0.211. The van der Waals surface area contributed by atoms with E-state index in [1.165, 1.54) is 0 Å². The predicted molar refractivity (Wildman–Crippen MR) is 66.3 cm³/mol. The van der Waals surface area contributed by atoms with Crippen molar-refractivity contribution in [3.63, 3.8) is 0 Å². The molecule has 1 aliphatic rings. The third-order valence-corrected chi connectivity index (χ3v) is 3.03. The molecule has 98 valence electrons. The molecule has 19 heavy (non-hydrogen) atoms. The number of benzene rings is 1. The van der Waals surface area contributed by atoms with E-state index in [0.717, 1.165) is 11.1 Å². The number of hydrogen-bond donors (Lipinski definition) is 2. The number of hydrogen-bond acceptors (Lipinski definition) is 4. The highest BCUT2D eigenvalue weighted by Gasteiger charge is 2.37. The molecule has 0 saturated carbocycles. The molecule has 0 spiro atoms. The van der Waals surface area contributed by atoms with E-state index in [4.69, 9.17) is 10.5 Å². The van der Waals surface area contributed by atoms with Gasteiger partial charge in [0.1, 0.15) is 0 Å². The molecule has 1 heterocycles. The van der Waals surface area contributed by atoms with Gasteiger partial charge >= 0.3 is 5.97 Å². The summed E-state index contributed by atoms with van der Waals surface area (Å²) < 4.78 is 0. The second-order valence-corrected chi connectivity index (χ2v) is 4.24. The maximum absolute atomic E-state index is 12.0. The maximum atomic E-state index is 12.0. The second kappa shape index (κ2) is 5.01. The lowest BCUT2D eigenvalue weighted by atomic mass is 10.1. The van der Waals surface area contributed by atoms with Gasteiger partial charge in [-0.25, -0.2) is 0 Å². The van der Waals surface area contributed by atoms with Crippen LogP contribution in [0.4, 0.5) is 0 Å². The van der Waals surface area contributed by atoms with Crippen LogP contribution in [0, 0.1) is 11.3 Å². The van der Waals surface area contributed by atoms with E-state index in [1.54, 1.807) is 24.3 Å². The van der Waals surface area contributed by atoms with Crippen molar-refractivity contribution in [3.8, 4) is 0 Å². The van der Waals surface area contributed by atoms with Gasteiger partial charge in [0.15, 0.2) is 0 Å². The fraction of sp³-hybridized carbons (Fsp3) is 0.231. The van der Waals surface area contributed by atoms with Gasteiger partial charge in [-0.15, -0.1) is 0 Å². The van der Waals surface area contributed by atoms with Gasteiger partial charge in [-0.2, -0.15) is 0 Å². The van der Waals surface area contributed by atoms with Gasteiger partial charge in [0, 0.05) is 6.54 Å². The van der Waals surface area contributed by atoms with Crippen molar-refractivity contribution in [2.75, 3.05) is 6.54 Å². The van der Waals surface area contributed by atoms with E-state index >= 15 is 0 Å². The summed E-state index contributed by atoms with van der Waals surface area (Å²) in [4.78, 5) is 36.0. The number of carboxylic acids is 1. The lowest BCUT2D eigenvalue weighted by molar-refractivity contribution is -0.141. The Labute approximate surface area is 109 Å². The van der Waals surface area contributed by atoms with Gasteiger partial charge < -0.3 is 10.5 Å². The first-order valence-electron chi connectivity index (χ1n) is 5.73. The first kappa shape index (κ1) is 12.9. The van der Waals surface area contributed by atoms with Crippen LogP contribution in [-0.4, -0.2) is 40.5 Å². The molecule has 2 amide bonds. The molecule has 0 radical (unpaired) electrons. The molecule has 1 aromatic carbocycles. The molecule has 1 aliphatic heterocycles. The van der Waals surface area contributed by atoms with Gasteiger partial charge in [0.05, 0.1) is 17.0 Å². The Morgan fingerprint density at radius 3 is 2.21 bits per heavy atom. The minimum atomic E-state index is -1.12. The maximum Gasteiger partial charge on any atom is 0.308 e. The standard InChI is InChI=1S/C13H12N2O4/c14-6-5-8(13(18)19)7-15-11(16)9-3-1-2-4-10(9)12(15)17/h1-4,6,8,14H,5,7H2,(H,18,19). The van der Waals surface area contributed by atoms with Crippen molar-refractivity contribution in [2.24, 2.45) is 5.92 Å². The van der Waals surface area contributed by atoms with Crippen LogP contribution in [0.1, 0.15) is 27.1 Å². The highest BCUT2D eigenvalue weighted by Crippen LogP contribution is 2.23. The summed E-state index contributed by atoms with van der Waals surface area (Å²) in [6.07, 6.45) is 0.958. The fourth-order valence-electron chi connectivity index (χ4n) is 2.02. The van der Waals surface area contributed by atoms with Gasteiger partial charge in [-0.05, 0) is 24.8 Å². The zero-order valence-electron chi connectivity index (χ0n) is 10.00. The molecule has 0 aliphatic carbocycles. The Kier molecular flexibility index (Phi) is 3.41. The summed E-state index contributed by atoms with van der Waals surface area (Å²) in [6, 6.07) is 6.39. The Morgan fingerprint density at radius 2 is 1.79 bits per heavy atom. The lowest BCUT2D eigenvalue weighted by Gasteiger charge is -2.18. The van der Waals surface area contributed by atoms with Crippen LogP contribution in [0.2, 0.25) is 0 Å². The molecule has 1 atom stereocenters. The average Bonchev–Trinajstić information content (AvgIpc) is 2.63. The summed E-state index contributed by atoms with van der Waals surface area (Å²) in [5.41, 5.74) is 0.595. The van der Waals surface area contributed by atoms with Crippen LogP contribution >= 0.6 is 0 Å². The Morgan fingerprint density at radius 1 is 1.26 bits per heavy atom. The molecule has 2 N–H and O–H groups in total. The van der Waals surface area contributed by atoms with Crippen molar-refractivity contribution >= 4 is 24.0 Å². The number of fused-ring (bicyclic) bond motifs is 1. The van der Waals surface area contributed by atoms with Crippen molar-refractivity contribution < 1.29 is 19.5 Å². The van der Waals surface area contributed by atoms with Crippen LogP contribution < -0.4 is 0 Å². The summed E-state index contributed by atoms with van der Waals surface area (Å²) in [7, 11) is 0. The molecule has 1 aromatic rings. The number of carboxylic acid groups (broad SMARTS) is 1. The second-order valence-electron chi connectivity index (χ2n) is 4.24. The number of carbonyl (C=O) groups excluding carboxylic acids is 2. The third-order valence-electron chi connectivity index (χ3n) is 3.03. The van der Waals surface area contributed by atoms with Gasteiger partial charge in [-0.3, -0.25) is 19.3 Å². The first-order valence-corrected chi connectivity index (χ1v) is 5.73. The van der Waals surface area contributed by atoms with Gasteiger partial charge in [-0.1, -0.05) is 12.1 Å². The molecule has 1 unspecified atom stereocenters. The smallest absolute Gasteiger partial charge is 0.308 e. The number of aliphatic carboxylic acids is 1. The number of imide groups is 1. The Bertz CT molecular complexity index is 533. The third kappa shape index (κ3) is 2.24. The normalized spacial score (nSPS) is 15.3.